The molecule has 4 atom stereocenters. The van der Waals surface area contributed by atoms with Gasteiger partial charge in [-0.2, -0.15) is 0 Å². The normalized spacial score (nSPS) is 35.6. The summed E-state index contributed by atoms with van der Waals surface area (Å²) in [5.74, 6) is -0.971. The predicted octanol–water partition coefficient (Wildman–Crippen LogP) is 3.08. The SMILES string of the molecule is CC(=O)SCC(C)C(=O)N1CC2(C[C@H]1C(=O)O)SC1CCCCC1S2. The summed E-state index contributed by atoms with van der Waals surface area (Å²) in [6, 6.07) is -0.738. The summed E-state index contributed by atoms with van der Waals surface area (Å²) in [6.07, 6.45) is 5.47. The number of fused-ring (bicyclic) bond motifs is 1. The lowest BCUT2D eigenvalue weighted by Gasteiger charge is -2.26. The topological polar surface area (TPSA) is 74.7 Å². The molecule has 3 unspecified atom stereocenters. The van der Waals surface area contributed by atoms with Crippen molar-refractivity contribution >= 4 is 52.3 Å². The summed E-state index contributed by atoms with van der Waals surface area (Å²) in [4.78, 5) is 37.4. The number of amides is 1. The van der Waals surface area contributed by atoms with Gasteiger partial charge in [-0.1, -0.05) is 31.5 Å². The van der Waals surface area contributed by atoms with Crippen LogP contribution in [-0.2, 0) is 14.4 Å². The lowest BCUT2D eigenvalue weighted by Crippen LogP contribution is -2.43. The van der Waals surface area contributed by atoms with E-state index in [4.69, 9.17) is 0 Å². The third kappa shape index (κ3) is 4.16. The minimum absolute atomic E-state index is 0.0155. The van der Waals surface area contributed by atoms with Gasteiger partial charge in [0.1, 0.15) is 6.04 Å². The molecular weight excluding hydrogens is 378 g/mol. The number of carboxylic acids is 1. The van der Waals surface area contributed by atoms with Crippen LogP contribution < -0.4 is 0 Å². The fraction of sp³-hybridized carbons (Fsp3) is 0.824. The Morgan fingerprint density at radius 2 is 1.84 bits per heavy atom. The van der Waals surface area contributed by atoms with Crippen molar-refractivity contribution in [1.29, 1.82) is 0 Å². The predicted molar refractivity (Wildman–Crippen MR) is 104 cm³/mol. The molecule has 3 aliphatic rings. The Morgan fingerprint density at radius 3 is 2.36 bits per heavy atom. The number of hydrogen-bond acceptors (Lipinski definition) is 6. The Hall–Kier alpha value is -0.340. The van der Waals surface area contributed by atoms with Crippen LogP contribution in [0.2, 0.25) is 0 Å². The van der Waals surface area contributed by atoms with Crippen LogP contribution in [0.4, 0.5) is 0 Å². The number of carbonyl (C=O) groups is 3. The van der Waals surface area contributed by atoms with E-state index in [9.17, 15) is 19.5 Å². The van der Waals surface area contributed by atoms with E-state index in [0.717, 1.165) is 11.8 Å². The van der Waals surface area contributed by atoms with Crippen LogP contribution in [0.15, 0.2) is 0 Å². The van der Waals surface area contributed by atoms with Crippen LogP contribution in [0.3, 0.4) is 0 Å². The average Bonchev–Trinajstić information content (AvgIpc) is 3.11. The van der Waals surface area contributed by atoms with Crippen molar-refractivity contribution in [3.8, 4) is 0 Å². The highest BCUT2D eigenvalue weighted by Crippen LogP contribution is 2.61. The van der Waals surface area contributed by atoms with E-state index >= 15 is 0 Å². The second-order valence-electron chi connectivity index (χ2n) is 7.24. The number of nitrogens with zero attached hydrogens (tertiary/aromatic N) is 1. The molecule has 0 bridgehead atoms. The molecule has 0 aromatic carbocycles. The number of rotatable bonds is 4. The fourth-order valence-corrected chi connectivity index (χ4v) is 9.08. The lowest BCUT2D eigenvalue weighted by atomic mass is 10.00. The molecule has 0 radical (unpaired) electrons. The summed E-state index contributed by atoms with van der Waals surface area (Å²) < 4.78 is -0.161. The maximum atomic E-state index is 12.8. The zero-order valence-electron chi connectivity index (χ0n) is 14.6. The molecule has 8 heteroatoms. The molecule has 2 heterocycles. The Balaban J connectivity index is 1.71. The average molecular weight is 404 g/mol. The molecule has 0 aromatic heterocycles. The van der Waals surface area contributed by atoms with Gasteiger partial charge in [-0.15, -0.1) is 23.5 Å². The van der Waals surface area contributed by atoms with Crippen molar-refractivity contribution < 1.29 is 19.5 Å². The van der Waals surface area contributed by atoms with E-state index in [0.29, 0.717) is 29.2 Å². The van der Waals surface area contributed by atoms with Crippen molar-refractivity contribution in [2.75, 3.05) is 12.3 Å². The van der Waals surface area contributed by atoms with Crippen LogP contribution in [0.5, 0.6) is 0 Å². The van der Waals surface area contributed by atoms with Crippen LogP contribution in [0, 0.1) is 5.92 Å². The highest BCUT2D eigenvalue weighted by molar-refractivity contribution is 8.22. The van der Waals surface area contributed by atoms with E-state index in [-0.39, 0.29) is 21.0 Å². The van der Waals surface area contributed by atoms with Crippen LogP contribution >= 0.6 is 35.3 Å². The highest BCUT2D eigenvalue weighted by Gasteiger charge is 2.56. The zero-order chi connectivity index (χ0) is 18.2. The molecule has 1 N–H and O–H groups in total. The number of aliphatic carboxylic acids is 1. The summed E-state index contributed by atoms with van der Waals surface area (Å²) in [7, 11) is 0. The second kappa shape index (κ2) is 7.72. The van der Waals surface area contributed by atoms with Gasteiger partial charge in [0.25, 0.3) is 0 Å². The number of thioether (sulfide) groups is 3. The quantitative estimate of drug-likeness (QED) is 0.773. The molecular formula is C17H25NO4S3. The van der Waals surface area contributed by atoms with Crippen LogP contribution in [0.25, 0.3) is 0 Å². The van der Waals surface area contributed by atoms with Crippen molar-refractivity contribution in [3.05, 3.63) is 0 Å². The molecule has 25 heavy (non-hydrogen) atoms. The van der Waals surface area contributed by atoms with Gasteiger partial charge in [0.15, 0.2) is 5.12 Å². The summed E-state index contributed by atoms with van der Waals surface area (Å²) in [6.45, 7) is 3.79. The maximum absolute atomic E-state index is 12.8. The summed E-state index contributed by atoms with van der Waals surface area (Å²) >= 11 is 4.98. The minimum atomic E-state index is -0.910. The Labute approximate surface area is 161 Å². The fourth-order valence-electron chi connectivity index (χ4n) is 3.97. The Bertz CT molecular complexity index is 556. The first-order chi connectivity index (χ1) is 11.8. The third-order valence-corrected chi connectivity index (χ3v) is 10.2. The zero-order valence-corrected chi connectivity index (χ0v) is 17.1. The third-order valence-electron chi connectivity index (χ3n) is 5.19. The van der Waals surface area contributed by atoms with Gasteiger partial charge in [-0.3, -0.25) is 9.59 Å². The largest absolute Gasteiger partial charge is 0.480 e. The van der Waals surface area contributed by atoms with Gasteiger partial charge in [0.2, 0.25) is 5.91 Å². The van der Waals surface area contributed by atoms with Crippen molar-refractivity contribution in [2.24, 2.45) is 5.92 Å². The van der Waals surface area contributed by atoms with Crippen molar-refractivity contribution in [1.82, 2.24) is 4.90 Å². The number of likely N-dealkylation sites (tertiary alicyclic amines) is 1. The van der Waals surface area contributed by atoms with Gasteiger partial charge in [0, 0.05) is 42.1 Å². The molecule has 1 spiro atoms. The minimum Gasteiger partial charge on any atom is -0.480 e. The van der Waals surface area contributed by atoms with E-state index in [1.54, 1.807) is 11.8 Å². The van der Waals surface area contributed by atoms with Gasteiger partial charge < -0.3 is 10.0 Å². The summed E-state index contributed by atoms with van der Waals surface area (Å²) in [5.41, 5.74) is 0. The summed E-state index contributed by atoms with van der Waals surface area (Å²) in [5, 5.41) is 10.9. The smallest absolute Gasteiger partial charge is 0.326 e. The molecule has 140 valence electrons. The lowest BCUT2D eigenvalue weighted by molar-refractivity contribution is -0.149. The van der Waals surface area contributed by atoms with Crippen LogP contribution in [-0.4, -0.2) is 59.9 Å². The molecule has 3 fully saturated rings. The number of hydrogen-bond donors (Lipinski definition) is 1. The van der Waals surface area contributed by atoms with Gasteiger partial charge in [0.05, 0.1) is 4.08 Å². The van der Waals surface area contributed by atoms with Crippen LogP contribution in [0.1, 0.15) is 46.0 Å². The molecule has 3 rings (SSSR count). The first-order valence-electron chi connectivity index (χ1n) is 8.83. The first kappa shape index (κ1) is 19.4. The van der Waals surface area contributed by atoms with Crippen molar-refractivity contribution in [2.45, 2.75) is 66.6 Å². The first-order valence-corrected chi connectivity index (χ1v) is 11.6. The highest BCUT2D eigenvalue weighted by atomic mass is 32.2. The molecule has 2 saturated heterocycles. The Kier molecular flexibility index (Phi) is 6.00. The number of carbonyl (C=O) groups excluding carboxylic acids is 2. The van der Waals surface area contributed by atoms with Crippen molar-refractivity contribution in [3.63, 3.8) is 0 Å². The standard InChI is InChI=1S/C17H25NO4S3/c1-10(8-23-11(2)19)15(20)18-9-17(7-12(18)16(21)22)24-13-5-3-4-6-14(13)25-17/h10,12-14H,3-9H2,1-2H3,(H,21,22)/t10?,12-,13?,14?,17?/m0/s1. The monoisotopic (exact) mass is 403 g/mol. The van der Waals surface area contributed by atoms with Gasteiger partial charge in [-0.25, -0.2) is 4.79 Å². The number of carboxylic acid groups (broad SMARTS) is 1. The van der Waals surface area contributed by atoms with Gasteiger partial charge >= 0.3 is 5.97 Å². The molecule has 1 amide bonds. The molecule has 0 aromatic rings. The molecule has 2 aliphatic heterocycles. The molecule has 1 saturated carbocycles. The molecule has 5 nitrogen and oxygen atoms in total. The van der Waals surface area contributed by atoms with E-state index in [2.05, 4.69) is 0 Å². The van der Waals surface area contributed by atoms with Gasteiger partial charge in [-0.05, 0) is 12.8 Å². The second-order valence-corrected chi connectivity index (χ2v) is 11.9. The maximum Gasteiger partial charge on any atom is 0.326 e. The Morgan fingerprint density at radius 1 is 1.24 bits per heavy atom. The van der Waals surface area contributed by atoms with E-state index in [1.807, 2.05) is 23.5 Å². The van der Waals surface area contributed by atoms with E-state index in [1.165, 1.54) is 32.6 Å². The molecule has 1 aliphatic carbocycles. The van der Waals surface area contributed by atoms with E-state index < -0.39 is 12.0 Å².